The molecule has 2 aromatic rings. The molecule has 2 aromatic heterocycles. The van der Waals surface area contributed by atoms with E-state index in [2.05, 4.69) is 10.1 Å². The Bertz CT molecular complexity index is 672. The fourth-order valence-corrected chi connectivity index (χ4v) is 1.83. The summed E-state index contributed by atoms with van der Waals surface area (Å²) in [4.78, 5) is 26.6. The summed E-state index contributed by atoms with van der Waals surface area (Å²) in [6.45, 7) is 4.75. The quantitative estimate of drug-likeness (QED) is 0.867. The summed E-state index contributed by atoms with van der Waals surface area (Å²) in [6, 6.07) is 1.32. The lowest BCUT2D eigenvalue weighted by Gasteiger charge is -2.11. The fraction of sp³-hybridized carbons (Fsp3) is 0.333. The first kappa shape index (κ1) is 13.0. The maximum Gasteiger partial charge on any atom is 0.341 e. The summed E-state index contributed by atoms with van der Waals surface area (Å²) < 4.78 is 3.40. The van der Waals surface area contributed by atoms with Crippen LogP contribution in [-0.2, 0) is 13.1 Å². The average Bonchev–Trinajstić information content (AvgIpc) is 2.79. The van der Waals surface area contributed by atoms with Gasteiger partial charge in [-0.1, -0.05) is 0 Å². The molecule has 19 heavy (non-hydrogen) atoms. The topological polar surface area (TPSA) is 90.0 Å². The number of aromatic carboxylic acids is 1. The minimum atomic E-state index is -1.23. The van der Waals surface area contributed by atoms with Gasteiger partial charge in [0, 0.05) is 24.5 Å². The maximum atomic E-state index is 11.5. The van der Waals surface area contributed by atoms with E-state index in [-0.39, 0.29) is 5.56 Å². The van der Waals surface area contributed by atoms with E-state index < -0.39 is 11.4 Å². The van der Waals surface area contributed by atoms with Gasteiger partial charge in [-0.05, 0) is 13.8 Å². The highest BCUT2D eigenvalue weighted by Crippen LogP contribution is 2.04. The first-order valence-electron chi connectivity index (χ1n) is 5.84. The lowest BCUT2D eigenvalue weighted by atomic mass is 10.2. The van der Waals surface area contributed by atoms with Crippen LogP contribution in [0.3, 0.4) is 0 Å². The number of nitrogens with zero attached hydrogens (tertiary/aromatic N) is 4. The normalized spacial score (nSPS) is 10.6. The van der Waals surface area contributed by atoms with Crippen LogP contribution in [0.25, 0.3) is 0 Å². The van der Waals surface area contributed by atoms with E-state index in [0.717, 1.165) is 0 Å². The maximum absolute atomic E-state index is 11.5. The molecule has 0 unspecified atom stereocenters. The van der Waals surface area contributed by atoms with Crippen molar-refractivity contribution in [2.45, 2.75) is 26.9 Å². The zero-order chi connectivity index (χ0) is 14.0. The number of rotatable bonds is 4. The molecule has 0 amide bonds. The molecule has 7 heteroatoms. The third-order valence-corrected chi connectivity index (χ3v) is 2.88. The van der Waals surface area contributed by atoms with E-state index in [1.807, 2.05) is 6.92 Å². The van der Waals surface area contributed by atoms with Gasteiger partial charge in [0.15, 0.2) is 5.43 Å². The largest absolute Gasteiger partial charge is 0.477 e. The average molecular weight is 262 g/mol. The number of aryl methyl sites for hydroxylation is 2. The molecule has 0 saturated heterocycles. The number of carboxylic acid groups (broad SMARTS) is 1. The van der Waals surface area contributed by atoms with Gasteiger partial charge < -0.3 is 9.67 Å². The van der Waals surface area contributed by atoms with Crippen molar-refractivity contribution in [2.24, 2.45) is 0 Å². The summed E-state index contributed by atoms with van der Waals surface area (Å²) in [7, 11) is 0. The Labute approximate surface area is 109 Å². The van der Waals surface area contributed by atoms with Crippen molar-refractivity contribution < 1.29 is 9.90 Å². The Morgan fingerprint density at radius 1 is 1.47 bits per heavy atom. The van der Waals surface area contributed by atoms with Crippen molar-refractivity contribution in [3.05, 3.63) is 45.9 Å². The number of carboxylic acids is 1. The van der Waals surface area contributed by atoms with E-state index >= 15 is 0 Å². The van der Waals surface area contributed by atoms with Crippen LogP contribution in [0.2, 0.25) is 0 Å². The number of carbonyl (C=O) groups is 1. The Morgan fingerprint density at radius 2 is 2.21 bits per heavy atom. The molecule has 100 valence electrons. The van der Waals surface area contributed by atoms with Gasteiger partial charge in [-0.2, -0.15) is 5.10 Å². The van der Waals surface area contributed by atoms with Crippen molar-refractivity contribution >= 4 is 5.97 Å². The molecule has 2 heterocycles. The van der Waals surface area contributed by atoms with Crippen molar-refractivity contribution in [1.82, 2.24) is 19.3 Å². The predicted molar refractivity (Wildman–Crippen MR) is 67.2 cm³/mol. The molecule has 0 radical (unpaired) electrons. The molecular weight excluding hydrogens is 248 g/mol. The highest BCUT2D eigenvalue weighted by molar-refractivity contribution is 5.87. The van der Waals surface area contributed by atoms with Crippen LogP contribution >= 0.6 is 0 Å². The predicted octanol–water partition coefficient (Wildman–Crippen LogP) is 0.515. The fourth-order valence-electron chi connectivity index (χ4n) is 1.83. The SMILES string of the molecule is CCn1ncnc1Cn1cc(C(=O)O)c(=O)cc1C. The standard InChI is InChI=1S/C12H14N4O3/c1-3-16-11(13-7-14-16)6-15-5-9(12(18)19)10(17)4-8(15)2/h4-5,7H,3,6H2,1-2H3,(H,18,19). The summed E-state index contributed by atoms with van der Waals surface area (Å²) in [5.74, 6) is -0.513. The van der Waals surface area contributed by atoms with Crippen LogP contribution in [0.15, 0.2) is 23.4 Å². The second kappa shape index (κ2) is 5.05. The summed E-state index contributed by atoms with van der Waals surface area (Å²) in [5, 5.41) is 13.0. The van der Waals surface area contributed by atoms with Crippen LogP contribution in [0.5, 0.6) is 0 Å². The smallest absolute Gasteiger partial charge is 0.341 e. The molecule has 1 N–H and O–H groups in total. The van der Waals surface area contributed by atoms with Crippen LogP contribution < -0.4 is 5.43 Å². The van der Waals surface area contributed by atoms with E-state index in [9.17, 15) is 9.59 Å². The summed E-state index contributed by atoms with van der Waals surface area (Å²) in [6.07, 6.45) is 2.80. The van der Waals surface area contributed by atoms with Gasteiger partial charge in [-0.25, -0.2) is 14.5 Å². The van der Waals surface area contributed by atoms with Crippen molar-refractivity contribution in [1.29, 1.82) is 0 Å². The molecule has 0 fully saturated rings. The highest BCUT2D eigenvalue weighted by Gasteiger charge is 2.12. The first-order chi connectivity index (χ1) is 9.02. The molecule has 0 saturated carbocycles. The minimum absolute atomic E-state index is 0.242. The van der Waals surface area contributed by atoms with Crippen LogP contribution in [0, 0.1) is 6.92 Å². The first-order valence-corrected chi connectivity index (χ1v) is 5.84. The molecule has 0 aliphatic heterocycles. The van der Waals surface area contributed by atoms with Crippen LogP contribution in [-0.4, -0.2) is 30.4 Å². The number of hydrogen-bond acceptors (Lipinski definition) is 4. The third-order valence-electron chi connectivity index (χ3n) is 2.88. The Hall–Kier alpha value is -2.44. The van der Waals surface area contributed by atoms with Crippen LogP contribution in [0.1, 0.15) is 28.8 Å². The van der Waals surface area contributed by atoms with Gasteiger partial charge in [-0.3, -0.25) is 4.79 Å². The number of hydrogen-bond donors (Lipinski definition) is 1. The van der Waals surface area contributed by atoms with Crippen molar-refractivity contribution in [3.63, 3.8) is 0 Å². The zero-order valence-electron chi connectivity index (χ0n) is 10.7. The van der Waals surface area contributed by atoms with Gasteiger partial charge in [0.1, 0.15) is 17.7 Å². The van der Waals surface area contributed by atoms with Gasteiger partial charge >= 0.3 is 5.97 Å². The molecule has 0 aliphatic rings. The highest BCUT2D eigenvalue weighted by atomic mass is 16.4. The molecule has 2 rings (SSSR count). The molecule has 0 aromatic carbocycles. The second-order valence-corrected chi connectivity index (χ2v) is 4.12. The van der Waals surface area contributed by atoms with E-state index in [1.165, 1.54) is 18.6 Å². The number of pyridine rings is 1. The minimum Gasteiger partial charge on any atom is -0.477 e. The number of aromatic nitrogens is 4. The molecular formula is C12H14N4O3. The molecule has 0 bridgehead atoms. The lowest BCUT2D eigenvalue weighted by molar-refractivity contribution is 0.0694. The molecule has 0 atom stereocenters. The van der Waals surface area contributed by atoms with Gasteiger partial charge in [0.25, 0.3) is 0 Å². The molecule has 0 spiro atoms. The van der Waals surface area contributed by atoms with Gasteiger partial charge in [0.2, 0.25) is 0 Å². The zero-order valence-corrected chi connectivity index (χ0v) is 10.7. The van der Waals surface area contributed by atoms with E-state index in [4.69, 9.17) is 5.11 Å². The lowest BCUT2D eigenvalue weighted by Crippen LogP contribution is -2.20. The van der Waals surface area contributed by atoms with E-state index in [0.29, 0.717) is 24.6 Å². The summed E-state index contributed by atoms with van der Waals surface area (Å²) in [5.41, 5.74) is -0.0491. The molecule has 0 aliphatic carbocycles. The monoisotopic (exact) mass is 262 g/mol. The Morgan fingerprint density at radius 3 is 2.84 bits per heavy atom. The third kappa shape index (κ3) is 2.54. The van der Waals surface area contributed by atoms with Crippen LogP contribution in [0.4, 0.5) is 0 Å². The van der Waals surface area contributed by atoms with Gasteiger partial charge in [-0.15, -0.1) is 0 Å². The van der Waals surface area contributed by atoms with Crippen molar-refractivity contribution in [3.8, 4) is 0 Å². The molecule has 7 nitrogen and oxygen atoms in total. The second-order valence-electron chi connectivity index (χ2n) is 4.12. The van der Waals surface area contributed by atoms with Gasteiger partial charge in [0.05, 0.1) is 6.54 Å². The Kier molecular flexibility index (Phi) is 3.46. The summed E-state index contributed by atoms with van der Waals surface area (Å²) >= 11 is 0. The Balaban J connectivity index is 2.43. The van der Waals surface area contributed by atoms with E-state index in [1.54, 1.807) is 16.2 Å². The van der Waals surface area contributed by atoms with Crippen molar-refractivity contribution in [2.75, 3.05) is 0 Å².